The topological polar surface area (TPSA) is 85.3 Å². The van der Waals surface area contributed by atoms with E-state index < -0.39 is 0 Å². The van der Waals surface area contributed by atoms with Crippen LogP contribution in [0.1, 0.15) is 25.3 Å². The molecule has 1 aromatic heterocycles. The van der Waals surface area contributed by atoms with Crippen molar-refractivity contribution in [2.45, 2.75) is 26.3 Å². The van der Waals surface area contributed by atoms with E-state index in [0.717, 1.165) is 76.1 Å². The van der Waals surface area contributed by atoms with Gasteiger partial charge in [0.25, 0.3) is 0 Å². The minimum atomic E-state index is -0.00377. The zero-order valence-electron chi connectivity index (χ0n) is 18.3. The van der Waals surface area contributed by atoms with Crippen LogP contribution in [0.3, 0.4) is 0 Å². The first kappa shape index (κ1) is 25.1. The largest absolute Gasteiger partial charge is 0.396 e. The van der Waals surface area contributed by atoms with Crippen molar-refractivity contribution >= 4 is 35.8 Å². The summed E-state index contributed by atoms with van der Waals surface area (Å²) in [5, 5.41) is 16.2. The number of guanidine groups is 1. The van der Waals surface area contributed by atoms with E-state index in [0.29, 0.717) is 13.2 Å². The summed E-state index contributed by atoms with van der Waals surface area (Å²) in [6.07, 6.45) is 3.60. The highest BCUT2D eigenvalue weighted by Crippen LogP contribution is 2.31. The van der Waals surface area contributed by atoms with E-state index in [1.165, 1.54) is 0 Å². The quantitative estimate of drug-likeness (QED) is 0.265. The number of ether oxygens (including phenoxy) is 1. The number of pyridine rings is 1. The van der Waals surface area contributed by atoms with E-state index >= 15 is 0 Å². The number of anilines is 1. The number of hydrogen-bond acceptors (Lipinski definition) is 6. The molecule has 0 saturated carbocycles. The molecule has 0 aliphatic carbocycles. The number of aliphatic imine (C=N–C) groups is 1. The second-order valence-electron chi connectivity index (χ2n) is 8.14. The van der Waals surface area contributed by atoms with Gasteiger partial charge in [0.2, 0.25) is 0 Å². The van der Waals surface area contributed by atoms with Gasteiger partial charge in [-0.3, -0.25) is 0 Å². The summed E-state index contributed by atoms with van der Waals surface area (Å²) >= 11 is 0. The van der Waals surface area contributed by atoms with Gasteiger partial charge in [-0.05, 0) is 44.5 Å². The molecule has 170 valence electrons. The second kappa shape index (κ2) is 12.6. The monoisotopic (exact) mass is 532 g/mol. The SMILES string of the molecule is CCNC(=NCc1ccnc(N2CCN(C)CC2)c1)NCC1(CCO)CCOC1.I. The van der Waals surface area contributed by atoms with Gasteiger partial charge in [0.05, 0.1) is 13.2 Å². The molecule has 1 unspecified atom stereocenters. The molecule has 1 aromatic rings. The number of piperazine rings is 1. The third kappa shape index (κ3) is 7.21. The van der Waals surface area contributed by atoms with Gasteiger partial charge in [-0.25, -0.2) is 9.98 Å². The Balaban J connectivity index is 0.00000320. The van der Waals surface area contributed by atoms with Crippen molar-refractivity contribution in [1.82, 2.24) is 20.5 Å². The van der Waals surface area contributed by atoms with Crippen molar-refractivity contribution < 1.29 is 9.84 Å². The molecule has 2 aliphatic rings. The van der Waals surface area contributed by atoms with Crippen LogP contribution in [0.5, 0.6) is 0 Å². The average molecular weight is 532 g/mol. The van der Waals surface area contributed by atoms with Crippen LogP contribution in [0.2, 0.25) is 0 Å². The lowest BCUT2D eigenvalue weighted by molar-refractivity contribution is 0.127. The van der Waals surface area contributed by atoms with Gasteiger partial charge in [0.15, 0.2) is 5.96 Å². The lowest BCUT2D eigenvalue weighted by Gasteiger charge is -2.33. The molecule has 1 atom stereocenters. The second-order valence-corrected chi connectivity index (χ2v) is 8.14. The zero-order chi connectivity index (χ0) is 20.5. The summed E-state index contributed by atoms with van der Waals surface area (Å²) in [6.45, 7) is 10.0. The minimum absolute atomic E-state index is 0. The Hall–Kier alpha value is -1.17. The highest BCUT2D eigenvalue weighted by molar-refractivity contribution is 14.0. The van der Waals surface area contributed by atoms with Crippen molar-refractivity contribution in [1.29, 1.82) is 0 Å². The predicted molar refractivity (Wildman–Crippen MR) is 132 cm³/mol. The van der Waals surface area contributed by atoms with Crippen LogP contribution in [-0.2, 0) is 11.3 Å². The Labute approximate surface area is 197 Å². The van der Waals surface area contributed by atoms with E-state index in [4.69, 9.17) is 9.73 Å². The first-order chi connectivity index (χ1) is 14.1. The summed E-state index contributed by atoms with van der Waals surface area (Å²) < 4.78 is 5.59. The van der Waals surface area contributed by atoms with E-state index in [-0.39, 0.29) is 36.0 Å². The lowest BCUT2D eigenvalue weighted by Crippen LogP contribution is -2.44. The van der Waals surface area contributed by atoms with Crippen LogP contribution >= 0.6 is 24.0 Å². The summed E-state index contributed by atoms with van der Waals surface area (Å²) in [7, 11) is 2.16. The molecule has 3 heterocycles. The molecule has 3 rings (SSSR count). The van der Waals surface area contributed by atoms with Crippen LogP contribution < -0.4 is 15.5 Å². The Kier molecular flexibility index (Phi) is 10.6. The number of nitrogens with zero attached hydrogens (tertiary/aromatic N) is 4. The zero-order valence-corrected chi connectivity index (χ0v) is 20.6. The van der Waals surface area contributed by atoms with Gasteiger partial charge < -0.3 is 30.3 Å². The first-order valence-electron chi connectivity index (χ1n) is 10.7. The van der Waals surface area contributed by atoms with Crippen LogP contribution in [-0.4, -0.2) is 87.1 Å². The number of nitrogens with one attached hydrogen (secondary N) is 2. The molecule has 30 heavy (non-hydrogen) atoms. The van der Waals surface area contributed by atoms with Crippen LogP contribution in [0.25, 0.3) is 0 Å². The number of halogens is 1. The van der Waals surface area contributed by atoms with Gasteiger partial charge in [-0.15, -0.1) is 24.0 Å². The maximum absolute atomic E-state index is 9.42. The molecule has 2 saturated heterocycles. The maximum Gasteiger partial charge on any atom is 0.191 e. The smallest absolute Gasteiger partial charge is 0.191 e. The van der Waals surface area contributed by atoms with Gasteiger partial charge >= 0.3 is 0 Å². The number of likely N-dealkylation sites (N-methyl/N-ethyl adjacent to an activating group) is 1. The van der Waals surface area contributed by atoms with E-state index in [9.17, 15) is 5.11 Å². The molecular weight excluding hydrogens is 495 g/mol. The summed E-state index contributed by atoms with van der Waals surface area (Å²) in [5.74, 6) is 1.84. The number of aromatic nitrogens is 1. The summed E-state index contributed by atoms with van der Waals surface area (Å²) in [4.78, 5) is 14.0. The normalized spacial score (nSPS) is 22.6. The van der Waals surface area contributed by atoms with E-state index in [1.807, 2.05) is 12.3 Å². The van der Waals surface area contributed by atoms with Crippen molar-refractivity contribution in [3.05, 3.63) is 23.9 Å². The van der Waals surface area contributed by atoms with Gasteiger partial charge in [-0.2, -0.15) is 0 Å². The molecule has 3 N–H and O–H groups in total. The third-order valence-corrected chi connectivity index (χ3v) is 5.86. The molecule has 0 aromatic carbocycles. The Morgan fingerprint density at radius 3 is 2.77 bits per heavy atom. The van der Waals surface area contributed by atoms with Crippen LogP contribution in [0.4, 0.5) is 5.82 Å². The highest BCUT2D eigenvalue weighted by atomic mass is 127. The predicted octanol–water partition coefficient (Wildman–Crippen LogP) is 1.30. The molecule has 9 heteroatoms. The molecule has 0 radical (unpaired) electrons. The molecule has 0 amide bonds. The maximum atomic E-state index is 9.42. The van der Waals surface area contributed by atoms with E-state index in [1.54, 1.807) is 0 Å². The Morgan fingerprint density at radius 2 is 2.10 bits per heavy atom. The minimum Gasteiger partial charge on any atom is -0.396 e. The standard InChI is InChI=1S/C21H36N6O2.HI/c1-3-22-20(25-16-21(5-12-28)6-13-29-17-21)24-15-18-4-7-23-19(14-18)27-10-8-26(2)9-11-27;/h4,7,14,28H,3,5-6,8-13,15-17H2,1-2H3,(H2,22,24,25);1H. The highest BCUT2D eigenvalue weighted by Gasteiger charge is 2.34. The molecule has 2 aliphatic heterocycles. The number of hydrogen-bond donors (Lipinski definition) is 3. The van der Waals surface area contributed by atoms with Crippen molar-refractivity contribution in [2.75, 3.05) is 71.0 Å². The number of aliphatic hydroxyl groups excluding tert-OH is 1. The average Bonchev–Trinajstić information content (AvgIpc) is 3.20. The van der Waals surface area contributed by atoms with Gasteiger partial charge in [-0.1, -0.05) is 0 Å². The van der Waals surface area contributed by atoms with Crippen molar-refractivity contribution in [2.24, 2.45) is 10.4 Å². The molecule has 2 fully saturated rings. The van der Waals surface area contributed by atoms with E-state index in [2.05, 4.69) is 45.5 Å². The molecule has 8 nitrogen and oxygen atoms in total. The summed E-state index contributed by atoms with van der Waals surface area (Å²) in [5.41, 5.74) is 1.15. The van der Waals surface area contributed by atoms with Crippen molar-refractivity contribution in [3.8, 4) is 0 Å². The summed E-state index contributed by atoms with van der Waals surface area (Å²) in [6, 6.07) is 4.18. The molecule has 0 spiro atoms. The fraction of sp³-hybridized carbons (Fsp3) is 0.714. The van der Waals surface area contributed by atoms with Gasteiger partial charge in [0, 0.05) is 64.1 Å². The Bertz CT molecular complexity index is 661. The number of aliphatic hydroxyl groups is 1. The molecular formula is C21H37IN6O2. The Morgan fingerprint density at radius 1 is 1.30 bits per heavy atom. The van der Waals surface area contributed by atoms with Crippen LogP contribution in [0, 0.1) is 5.41 Å². The first-order valence-corrected chi connectivity index (χ1v) is 10.7. The fourth-order valence-electron chi connectivity index (χ4n) is 3.86. The fourth-order valence-corrected chi connectivity index (χ4v) is 3.86. The third-order valence-electron chi connectivity index (χ3n) is 5.86. The number of rotatable bonds is 8. The lowest BCUT2D eigenvalue weighted by atomic mass is 9.84. The van der Waals surface area contributed by atoms with Crippen molar-refractivity contribution in [3.63, 3.8) is 0 Å². The van der Waals surface area contributed by atoms with Crippen LogP contribution in [0.15, 0.2) is 23.3 Å². The molecule has 0 bridgehead atoms. The van der Waals surface area contributed by atoms with Gasteiger partial charge in [0.1, 0.15) is 5.82 Å².